The van der Waals surface area contributed by atoms with Crippen LogP contribution in [0.5, 0.6) is 0 Å². The Hall–Kier alpha value is -2.25. The molecule has 0 unspecified atom stereocenters. The summed E-state index contributed by atoms with van der Waals surface area (Å²) in [6, 6.07) is 3.10. The van der Waals surface area contributed by atoms with E-state index in [4.69, 9.17) is 5.73 Å². The highest BCUT2D eigenvalue weighted by atomic mass is 19.4. The van der Waals surface area contributed by atoms with Gasteiger partial charge in [0.25, 0.3) is 0 Å². The summed E-state index contributed by atoms with van der Waals surface area (Å²) in [7, 11) is 1.21. The first-order valence-electron chi connectivity index (χ1n) is 4.60. The molecule has 18 heavy (non-hydrogen) atoms. The van der Waals surface area contributed by atoms with Crippen LogP contribution in [-0.4, -0.2) is 19.1 Å². The molecule has 98 valence electrons. The monoisotopic (exact) mass is 262 g/mol. The number of methoxy groups -OCH3 is 1. The summed E-state index contributed by atoms with van der Waals surface area (Å²) in [6.07, 6.45) is -4.46. The third kappa shape index (κ3) is 3.65. The highest BCUT2D eigenvalue weighted by Crippen LogP contribution is 2.29. The maximum Gasteiger partial charge on any atom is 0.416 e. The minimum Gasteiger partial charge on any atom is -0.467 e. The van der Waals surface area contributed by atoms with Crippen molar-refractivity contribution in [2.75, 3.05) is 7.11 Å². The van der Waals surface area contributed by atoms with Crippen molar-refractivity contribution in [2.45, 2.75) is 6.18 Å². The van der Waals surface area contributed by atoms with Crippen LogP contribution in [0, 0.1) is 0 Å². The molecule has 0 aliphatic heterocycles. The number of ether oxygens (including phenoxy) is 1. The molecule has 0 amide bonds. The molecule has 0 atom stereocenters. The zero-order valence-electron chi connectivity index (χ0n) is 9.19. The number of carbonyl (C=O) groups excluding carboxylic acids is 1. The molecule has 0 heterocycles. The molecule has 0 spiro atoms. The Balaban J connectivity index is 2.77. The van der Waals surface area contributed by atoms with Gasteiger partial charge in [-0.1, -0.05) is 0 Å². The van der Waals surface area contributed by atoms with Gasteiger partial charge in [0.05, 0.1) is 18.2 Å². The highest BCUT2D eigenvalue weighted by molar-refractivity contribution is 5.89. The molecule has 0 aromatic heterocycles. The summed E-state index contributed by atoms with van der Waals surface area (Å²) in [5.41, 5.74) is 4.13. The van der Waals surface area contributed by atoms with Crippen LogP contribution in [-0.2, 0) is 15.8 Å². The largest absolute Gasteiger partial charge is 0.467 e. The van der Waals surface area contributed by atoms with Crippen LogP contribution in [0.1, 0.15) is 15.9 Å². The maximum atomic E-state index is 12.2. The van der Waals surface area contributed by atoms with E-state index >= 15 is 0 Å². The first kappa shape index (κ1) is 13.8. The van der Waals surface area contributed by atoms with Gasteiger partial charge in [-0.25, -0.2) is 4.79 Å². The predicted molar refractivity (Wildman–Crippen MR) is 55.5 cm³/mol. The Morgan fingerprint density at radius 1 is 1.28 bits per heavy atom. The van der Waals surface area contributed by atoms with Crippen LogP contribution in [0.4, 0.5) is 13.2 Å². The van der Waals surface area contributed by atoms with Crippen molar-refractivity contribution in [1.29, 1.82) is 0 Å². The number of alkyl halides is 3. The molecule has 1 aromatic rings. The number of halogens is 3. The van der Waals surface area contributed by atoms with E-state index < -0.39 is 17.7 Å². The molecule has 8 heteroatoms. The van der Waals surface area contributed by atoms with E-state index in [0.717, 1.165) is 24.3 Å². The van der Waals surface area contributed by atoms with Crippen LogP contribution >= 0.6 is 0 Å². The number of amidine groups is 1. The zero-order chi connectivity index (χ0) is 13.8. The molecular formula is C10H9F3N2O3. The van der Waals surface area contributed by atoms with Crippen molar-refractivity contribution in [1.82, 2.24) is 0 Å². The average molecular weight is 262 g/mol. The summed E-state index contributed by atoms with van der Waals surface area (Å²) in [5, 5.41) is 3.09. The standard InChI is InChI=1S/C10H9F3N2O3/c1-17-9(14)15-18-8(16)6-2-4-7(5-3-6)10(11,12)13/h2-5H,1H3,(H2,14,15). The smallest absolute Gasteiger partial charge is 0.416 e. The SMILES string of the molecule is CO/C(N)=N/OC(=O)c1ccc(C(F)(F)F)cc1. The number of nitrogens with zero attached hydrogens (tertiary/aromatic N) is 1. The molecule has 5 nitrogen and oxygen atoms in total. The second kappa shape index (κ2) is 5.39. The Labute approximate surface area is 100.0 Å². The van der Waals surface area contributed by atoms with Crippen LogP contribution in [0.15, 0.2) is 29.4 Å². The van der Waals surface area contributed by atoms with E-state index in [1.165, 1.54) is 7.11 Å². The van der Waals surface area contributed by atoms with Crippen molar-refractivity contribution in [3.63, 3.8) is 0 Å². The lowest BCUT2D eigenvalue weighted by Gasteiger charge is -2.06. The lowest BCUT2D eigenvalue weighted by molar-refractivity contribution is -0.137. The third-order valence-electron chi connectivity index (χ3n) is 1.88. The van der Waals surface area contributed by atoms with E-state index in [0.29, 0.717) is 0 Å². The number of benzene rings is 1. The zero-order valence-corrected chi connectivity index (χ0v) is 9.19. The van der Waals surface area contributed by atoms with E-state index in [9.17, 15) is 18.0 Å². The van der Waals surface area contributed by atoms with Gasteiger partial charge in [-0.3, -0.25) is 0 Å². The number of nitrogens with two attached hydrogens (primary N) is 1. The van der Waals surface area contributed by atoms with Crippen LogP contribution in [0.3, 0.4) is 0 Å². The molecule has 1 rings (SSSR count). The lowest BCUT2D eigenvalue weighted by atomic mass is 10.1. The minimum absolute atomic E-state index is 0.0874. The Morgan fingerprint density at radius 2 is 1.83 bits per heavy atom. The number of hydrogen-bond acceptors (Lipinski definition) is 4. The summed E-state index contributed by atoms with van der Waals surface area (Å²) in [5.74, 6) is -0.941. The van der Waals surface area contributed by atoms with E-state index in [2.05, 4.69) is 14.7 Å². The fourth-order valence-electron chi connectivity index (χ4n) is 0.972. The molecule has 0 fully saturated rings. The quantitative estimate of drug-likeness (QED) is 0.381. The molecule has 0 aliphatic rings. The summed E-state index contributed by atoms with van der Waals surface area (Å²) >= 11 is 0. The fraction of sp³-hybridized carbons (Fsp3) is 0.200. The van der Waals surface area contributed by atoms with Gasteiger partial charge in [-0.2, -0.15) is 13.2 Å². The molecule has 0 bridgehead atoms. The normalized spacial score (nSPS) is 12.1. The molecule has 2 N–H and O–H groups in total. The second-order valence-electron chi connectivity index (χ2n) is 3.09. The predicted octanol–water partition coefficient (Wildman–Crippen LogP) is 1.74. The molecular weight excluding hydrogens is 253 g/mol. The second-order valence-corrected chi connectivity index (χ2v) is 3.09. The number of oxime groups is 1. The topological polar surface area (TPSA) is 73.9 Å². The highest BCUT2D eigenvalue weighted by Gasteiger charge is 2.30. The number of hydrogen-bond donors (Lipinski definition) is 1. The first-order valence-corrected chi connectivity index (χ1v) is 4.60. The van der Waals surface area contributed by atoms with E-state index in [-0.39, 0.29) is 11.6 Å². The van der Waals surface area contributed by atoms with Gasteiger partial charge in [0.15, 0.2) is 0 Å². The Kier molecular flexibility index (Phi) is 4.13. The summed E-state index contributed by atoms with van der Waals surface area (Å²) in [6.45, 7) is 0. The summed E-state index contributed by atoms with van der Waals surface area (Å²) < 4.78 is 41.1. The van der Waals surface area contributed by atoms with Gasteiger partial charge < -0.3 is 15.3 Å². The molecule has 1 aromatic carbocycles. The van der Waals surface area contributed by atoms with E-state index in [1.807, 2.05) is 0 Å². The van der Waals surface area contributed by atoms with Crippen LogP contribution < -0.4 is 5.73 Å². The number of carbonyl (C=O) groups is 1. The van der Waals surface area contributed by atoms with Crippen molar-refractivity contribution in [3.8, 4) is 0 Å². The van der Waals surface area contributed by atoms with Gasteiger partial charge in [-0.05, 0) is 29.4 Å². The van der Waals surface area contributed by atoms with Crippen molar-refractivity contribution < 1.29 is 27.5 Å². The molecule has 0 radical (unpaired) electrons. The van der Waals surface area contributed by atoms with Gasteiger partial charge in [-0.15, -0.1) is 0 Å². The minimum atomic E-state index is -4.46. The van der Waals surface area contributed by atoms with E-state index in [1.54, 1.807) is 0 Å². The maximum absolute atomic E-state index is 12.2. The van der Waals surface area contributed by atoms with Gasteiger partial charge >= 0.3 is 18.2 Å². The van der Waals surface area contributed by atoms with Crippen LogP contribution in [0.25, 0.3) is 0 Å². The lowest BCUT2D eigenvalue weighted by Crippen LogP contribution is -2.15. The Bertz CT molecular complexity index is 454. The average Bonchev–Trinajstić information content (AvgIpc) is 2.34. The Morgan fingerprint density at radius 3 is 2.28 bits per heavy atom. The first-order chi connectivity index (χ1) is 8.34. The van der Waals surface area contributed by atoms with Crippen molar-refractivity contribution in [2.24, 2.45) is 10.9 Å². The van der Waals surface area contributed by atoms with Crippen LogP contribution in [0.2, 0.25) is 0 Å². The molecule has 0 saturated heterocycles. The van der Waals surface area contributed by atoms with Gasteiger partial charge in [0.2, 0.25) is 0 Å². The van der Waals surface area contributed by atoms with Gasteiger partial charge in [0, 0.05) is 0 Å². The van der Waals surface area contributed by atoms with Crippen molar-refractivity contribution in [3.05, 3.63) is 35.4 Å². The van der Waals surface area contributed by atoms with Crippen molar-refractivity contribution >= 4 is 12.0 Å². The summed E-state index contributed by atoms with van der Waals surface area (Å²) in [4.78, 5) is 15.6. The fourth-order valence-corrected chi connectivity index (χ4v) is 0.972. The third-order valence-corrected chi connectivity index (χ3v) is 1.88. The molecule has 0 saturated carbocycles. The van der Waals surface area contributed by atoms with Gasteiger partial charge in [0.1, 0.15) is 0 Å². The number of rotatable bonds is 2. The molecule has 0 aliphatic carbocycles.